The van der Waals surface area contributed by atoms with Crippen molar-refractivity contribution < 1.29 is 9.59 Å². The van der Waals surface area contributed by atoms with Gasteiger partial charge in [0.1, 0.15) is 0 Å². The van der Waals surface area contributed by atoms with E-state index in [1.54, 1.807) is 12.4 Å². The summed E-state index contributed by atoms with van der Waals surface area (Å²) in [4.78, 5) is 33.3. The number of nitrogens with zero attached hydrogens (tertiary/aromatic N) is 2. The topological polar surface area (TPSA) is 62.3 Å². The van der Waals surface area contributed by atoms with Crippen molar-refractivity contribution in [1.29, 1.82) is 0 Å². The Morgan fingerprint density at radius 3 is 2.52 bits per heavy atom. The number of likely N-dealkylation sites (tertiary alicyclic amines) is 1. The molecule has 1 aromatic heterocycles. The number of rotatable bonds is 6. The van der Waals surface area contributed by atoms with E-state index in [1.807, 2.05) is 43.0 Å². The van der Waals surface area contributed by atoms with Crippen molar-refractivity contribution in [2.45, 2.75) is 64.8 Å². The summed E-state index contributed by atoms with van der Waals surface area (Å²) in [6, 6.07) is 12.4. The minimum absolute atomic E-state index is 0.0672. The van der Waals surface area contributed by atoms with Gasteiger partial charge in [-0.2, -0.15) is 0 Å². The summed E-state index contributed by atoms with van der Waals surface area (Å²) >= 11 is 0. The number of aromatic nitrogens is 1. The van der Waals surface area contributed by atoms with Crippen molar-refractivity contribution in [2.24, 2.45) is 16.7 Å². The number of benzene rings is 1. The molecular weight excluding hydrogens is 410 g/mol. The van der Waals surface area contributed by atoms with Gasteiger partial charge in [0.2, 0.25) is 11.8 Å². The molecule has 5 nitrogen and oxygen atoms in total. The number of nitrogens with one attached hydrogen (secondary N) is 1. The fourth-order valence-electron chi connectivity index (χ4n) is 6.10. The van der Waals surface area contributed by atoms with E-state index in [9.17, 15) is 9.59 Å². The normalized spacial score (nSPS) is 25.5. The quantitative estimate of drug-likeness (QED) is 0.706. The number of carbonyl (C=O) groups excluding carboxylic acids is 2. The van der Waals surface area contributed by atoms with Gasteiger partial charge in [0.25, 0.3) is 0 Å². The van der Waals surface area contributed by atoms with E-state index in [0.717, 1.165) is 42.5 Å². The van der Waals surface area contributed by atoms with E-state index in [0.29, 0.717) is 24.3 Å². The smallest absolute Gasteiger partial charge is 0.228 e. The van der Waals surface area contributed by atoms with Gasteiger partial charge in [-0.1, -0.05) is 30.7 Å². The summed E-state index contributed by atoms with van der Waals surface area (Å²) in [5.74, 6) is 0.562. The van der Waals surface area contributed by atoms with Crippen LogP contribution in [0.3, 0.4) is 0 Å². The average Bonchev–Trinajstić information content (AvgIpc) is 3.56. The van der Waals surface area contributed by atoms with Crippen LogP contribution in [0.4, 0.5) is 0 Å². The average molecular weight is 446 g/mol. The van der Waals surface area contributed by atoms with Crippen molar-refractivity contribution in [3.05, 3.63) is 54.4 Å². The molecule has 174 valence electrons. The zero-order chi connectivity index (χ0) is 23.1. The lowest BCUT2D eigenvalue weighted by atomic mass is 9.72. The highest BCUT2D eigenvalue weighted by Gasteiger charge is 2.62. The van der Waals surface area contributed by atoms with E-state index in [4.69, 9.17) is 0 Å². The third-order valence-electron chi connectivity index (χ3n) is 8.16. The fraction of sp³-hybridized carbons (Fsp3) is 0.536. The number of hydrogen-bond acceptors (Lipinski definition) is 3. The van der Waals surface area contributed by atoms with Crippen LogP contribution in [0.5, 0.6) is 0 Å². The Kier molecular flexibility index (Phi) is 5.75. The summed E-state index contributed by atoms with van der Waals surface area (Å²) in [5.41, 5.74) is 3.09. The number of hydrogen-bond donors (Lipinski definition) is 1. The van der Waals surface area contributed by atoms with Crippen molar-refractivity contribution in [3.63, 3.8) is 0 Å². The molecule has 3 aliphatic rings. The Hall–Kier alpha value is -2.69. The van der Waals surface area contributed by atoms with Crippen LogP contribution in [-0.4, -0.2) is 40.8 Å². The molecule has 2 aliphatic carbocycles. The summed E-state index contributed by atoms with van der Waals surface area (Å²) < 4.78 is 0. The van der Waals surface area contributed by atoms with E-state index in [1.165, 1.54) is 19.3 Å². The molecule has 2 atom stereocenters. The van der Waals surface area contributed by atoms with Gasteiger partial charge in [-0.3, -0.25) is 14.6 Å². The molecule has 2 aromatic rings. The molecule has 1 spiro atoms. The summed E-state index contributed by atoms with van der Waals surface area (Å²) in [6.45, 7) is 5.30. The van der Waals surface area contributed by atoms with Crippen LogP contribution in [0, 0.1) is 16.7 Å². The van der Waals surface area contributed by atoms with Gasteiger partial charge in [0.05, 0.1) is 5.41 Å². The third kappa shape index (κ3) is 4.18. The van der Waals surface area contributed by atoms with Crippen LogP contribution in [0.25, 0.3) is 11.1 Å². The first-order valence-electron chi connectivity index (χ1n) is 12.5. The molecular formula is C28H35N3O2. The second-order valence-corrected chi connectivity index (χ2v) is 10.8. The molecule has 3 fully saturated rings. The molecule has 2 unspecified atom stereocenters. The zero-order valence-electron chi connectivity index (χ0n) is 19.8. The van der Waals surface area contributed by atoms with E-state index in [2.05, 4.69) is 22.4 Å². The molecule has 5 rings (SSSR count). The summed E-state index contributed by atoms with van der Waals surface area (Å²) in [5, 5.41) is 3.19. The molecule has 33 heavy (non-hydrogen) atoms. The Balaban J connectivity index is 1.44. The highest BCUT2D eigenvalue weighted by atomic mass is 16.2. The molecule has 1 aliphatic heterocycles. The van der Waals surface area contributed by atoms with Crippen LogP contribution in [0.1, 0.15) is 57.9 Å². The van der Waals surface area contributed by atoms with E-state index in [-0.39, 0.29) is 17.9 Å². The van der Waals surface area contributed by atoms with Gasteiger partial charge in [-0.05, 0) is 86.6 Å². The minimum Gasteiger partial charge on any atom is -0.353 e. The lowest BCUT2D eigenvalue weighted by Crippen LogP contribution is -2.56. The molecule has 1 N–H and O–H groups in total. The molecule has 0 bridgehead atoms. The minimum atomic E-state index is -0.608. The third-order valence-corrected chi connectivity index (χ3v) is 8.16. The van der Waals surface area contributed by atoms with Crippen molar-refractivity contribution in [2.75, 3.05) is 13.1 Å². The van der Waals surface area contributed by atoms with Crippen molar-refractivity contribution in [3.8, 4) is 11.1 Å². The monoisotopic (exact) mass is 445 g/mol. The largest absolute Gasteiger partial charge is 0.353 e. The summed E-state index contributed by atoms with van der Waals surface area (Å²) in [7, 11) is 0. The van der Waals surface area contributed by atoms with Gasteiger partial charge in [0, 0.05) is 37.4 Å². The first kappa shape index (κ1) is 22.1. The van der Waals surface area contributed by atoms with Crippen LogP contribution in [0.15, 0.2) is 48.8 Å². The Morgan fingerprint density at radius 1 is 1.09 bits per heavy atom. The van der Waals surface area contributed by atoms with Crippen LogP contribution in [-0.2, 0) is 16.0 Å². The zero-order valence-corrected chi connectivity index (χ0v) is 19.8. The first-order chi connectivity index (χ1) is 15.9. The van der Waals surface area contributed by atoms with Gasteiger partial charge in [0.15, 0.2) is 0 Å². The fourth-order valence-corrected chi connectivity index (χ4v) is 6.10. The molecule has 1 saturated heterocycles. The number of amides is 2. The number of piperidine rings is 1. The van der Waals surface area contributed by atoms with E-state index >= 15 is 0 Å². The van der Waals surface area contributed by atoms with Crippen molar-refractivity contribution >= 4 is 11.8 Å². The second kappa shape index (κ2) is 8.58. The molecule has 0 radical (unpaired) electrons. The highest BCUT2D eigenvalue weighted by molar-refractivity contribution is 5.87. The molecule has 5 heteroatoms. The number of carbonyl (C=O) groups is 2. The van der Waals surface area contributed by atoms with Crippen molar-refractivity contribution in [1.82, 2.24) is 15.2 Å². The lowest BCUT2D eigenvalue weighted by Gasteiger charge is -2.43. The van der Waals surface area contributed by atoms with E-state index < -0.39 is 5.41 Å². The van der Waals surface area contributed by atoms with Crippen LogP contribution in [0.2, 0.25) is 0 Å². The van der Waals surface area contributed by atoms with Gasteiger partial charge >= 0.3 is 0 Å². The SMILES string of the molecule is CC(C)NC(=O)C1(Cc2ccccc2-c2ccncc2)CCCN(C(=O)C2CC23CCC3)C1. The standard InChI is InChI=1S/C28H35N3O2/c1-20(2)30-26(33)28(17-22-7-3-4-8-23(22)21-9-14-29-15-10-21)13-6-16-31(19-28)25(32)24-18-27(24)11-5-12-27/h3-4,7-10,14-15,20,24H,5-6,11-13,16-19H2,1-2H3,(H,30,33). The predicted molar refractivity (Wildman–Crippen MR) is 129 cm³/mol. The maximum absolute atomic E-state index is 13.7. The number of pyridine rings is 1. The summed E-state index contributed by atoms with van der Waals surface area (Å²) in [6.07, 6.45) is 10.6. The molecule has 2 saturated carbocycles. The Bertz CT molecular complexity index is 1030. The Morgan fingerprint density at radius 2 is 1.85 bits per heavy atom. The highest BCUT2D eigenvalue weighted by Crippen LogP contribution is 2.66. The second-order valence-electron chi connectivity index (χ2n) is 10.8. The molecule has 2 amide bonds. The Labute approximate surface area is 197 Å². The first-order valence-corrected chi connectivity index (χ1v) is 12.5. The maximum atomic E-state index is 13.7. The van der Waals surface area contributed by atoms with Gasteiger partial charge in [-0.15, -0.1) is 0 Å². The molecule has 1 aromatic carbocycles. The van der Waals surface area contributed by atoms with Crippen LogP contribution >= 0.6 is 0 Å². The van der Waals surface area contributed by atoms with Gasteiger partial charge in [-0.25, -0.2) is 0 Å². The maximum Gasteiger partial charge on any atom is 0.228 e. The van der Waals surface area contributed by atoms with Crippen LogP contribution < -0.4 is 5.32 Å². The molecule has 2 heterocycles. The lowest BCUT2D eigenvalue weighted by molar-refractivity contribution is -0.143. The predicted octanol–water partition coefficient (Wildman–Crippen LogP) is 4.61. The van der Waals surface area contributed by atoms with Gasteiger partial charge < -0.3 is 10.2 Å².